The number of nitrogens with zero attached hydrogens (tertiary/aromatic N) is 4. The van der Waals surface area contributed by atoms with E-state index < -0.39 is 0 Å². The van der Waals surface area contributed by atoms with Crippen LogP contribution in [0.2, 0.25) is 5.02 Å². The summed E-state index contributed by atoms with van der Waals surface area (Å²) >= 11 is 6.52. The summed E-state index contributed by atoms with van der Waals surface area (Å²) in [5, 5.41) is 13.2. The quantitative estimate of drug-likeness (QED) is 0.313. The molecule has 0 atom stereocenters. The number of nitrogens with one attached hydrogen (secondary N) is 1. The number of aromatic nitrogens is 3. The van der Waals surface area contributed by atoms with Gasteiger partial charge < -0.3 is 20.4 Å². The van der Waals surface area contributed by atoms with Crippen molar-refractivity contribution >= 4 is 59.0 Å². The molecule has 0 unspecified atom stereocenters. The van der Waals surface area contributed by atoms with E-state index >= 15 is 0 Å². The molecule has 0 aliphatic heterocycles. The highest BCUT2D eigenvalue weighted by molar-refractivity contribution is 6.32. The summed E-state index contributed by atoms with van der Waals surface area (Å²) in [5.41, 5.74) is 8.86. The molecule has 1 fully saturated rings. The molecule has 5 rings (SSSR count). The van der Waals surface area contributed by atoms with Crippen LogP contribution in [0.25, 0.3) is 11.0 Å². The molecule has 34 heavy (non-hydrogen) atoms. The van der Waals surface area contributed by atoms with Crippen LogP contribution in [-0.2, 0) is 12.0 Å². The molecule has 7 nitrogen and oxygen atoms in total. The van der Waals surface area contributed by atoms with Gasteiger partial charge in [-0.05, 0) is 54.8 Å². The fourth-order valence-corrected chi connectivity index (χ4v) is 4.04. The molecular formula is C24H23Cl3N6O. The highest BCUT2D eigenvalue weighted by Crippen LogP contribution is 2.48. The zero-order valence-corrected chi connectivity index (χ0v) is 20.5. The van der Waals surface area contributed by atoms with Crippen molar-refractivity contribution in [1.29, 1.82) is 5.26 Å². The number of halogens is 3. The van der Waals surface area contributed by atoms with Crippen molar-refractivity contribution in [1.82, 2.24) is 14.5 Å². The predicted molar refractivity (Wildman–Crippen MR) is 139 cm³/mol. The summed E-state index contributed by atoms with van der Waals surface area (Å²) in [6, 6.07) is 17.5. The lowest BCUT2D eigenvalue weighted by Gasteiger charge is -2.13. The van der Waals surface area contributed by atoms with Gasteiger partial charge in [0, 0.05) is 25.0 Å². The van der Waals surface area contributed by atoms with Crippen molar-refractivity contribution in [3.8, 4) is 17.6 Å². The summed E-state index contributed by atoms with van der Waals surface area (Å²) in [6.45, 7) is 1.19. The standard InChI is InChI=1S/C24H21ClN6O.2ClH/c25-19-13-17(30-23-22-20(28-15-29-23)6-10-31(22)11-9-26)4-5-21(19)32-18-3-1-2-16(12-18)24(14-27)7-8-24;;/h1-6,10,12-13,15H,7-9,11,26H2,(H,28,29,30);2*1H. The molecule has 2 aromatic carbocycles. The maximum atomic E-state index is 9.45. The fraction of sp³-hybridized carbons (Fsp3) is 0.208. The summed E-state index contributed by atoms with van der Waals surface area (Å²) in [4.78, 5) is 8.72. The highest BCUT2D eigenvalue weighted by atomic mass is 35.5. The molecule has 0 bridgehead atoms. The molecule has 2 aromatic heterocycles. The predicted octanol–water partition coefficient (Wildman–Crippen LogP) is 5.98. The zero-order chi connectivity index (χ0) is 22.1. The van der Waals surface area contributed by atoms with Crippen molar-refractivity contribution in [2.45, 2.75) is 24.8 Å². The lowest BCUT2D eigenvalue weighted by atomic mass is 9.98. The lowest BCUT2D eigenvalue weighted by Crippen LogP contribution is -2.10. The topological polar surface area (TPSA) is 102 Å². The normalized spacial score (nSPS) is 13.3. The first kappa shape index (κ1) is 25.6. The lowest BCUT2D eigenvalue weighted by molar-refractivity contribution is 0.482. The van der Waals surface area contributed by atoms with E-state index in [1.807, 2.05) is 53.2 Å². The van der Waals surface area contributed by atoms with Crippen molar-refractivity contribution in [3.63, 3.8) is 0 Å². The van der Waals surface area contributed by atoms with Crippen LogP contribution in [0.4, 0.5) is 11.5 Å². The average Bonchev–Trinajstić information content (AvgIpc) is 3.51. The maximum absolute atomic E-state index is 9.45. The molecule has 0 spiro atoms. The zero-order valence-electron chi connectivity index (χ0n) is 18.1. The van der Waals surface area contributed by atoms with E-state index in [9.17, 15) is 5.26 Å². The third-order valence-corrected chi connectivity index (χ3v) is 5.99. The molecule has 10 heteroatoms. The van der Waals surface area contributed by atoms with Crippen molar-refractivity contribution in [3.05, 3.63) is 71.6 Å². The Morgan fingerprint density at radius 2 is 1.97 bits per heavy atom. The van der Waals surface area contributed by atoms with Gasteiger partial charge in [-0.3, -0.25) is 0 Å². The van der Waals surface area contributed by atoms with Gasteiger partial charge in [0.15, 0.2) is 5.82 Å². The molecule has 2 heterocycles. The number of rotatable bonds is 7. The molecule has 176 valence electrons. The Morgan fingerprint density at radius 3 is 2.68 bits per heavy atom. The molecule has 4 aromatic rings. The van der Waals surface area contributed by atoms with Gasteiger partial charge in [-0.25, -0.2) is 9.97 Å². The number of fused-ring (bicyclic) bond motifs is 1. The second kappa shape index (κ2) is 10.5. The van der Waals surface area contributed by atoms with E-state index in [1.165, 1.54) is 6.33 Å². The van der Waals surface area contributed by atoms with E-state index in [0.29, 0.717) is 35.4 Å². The molecule has 1 aliphatic rings. The van der Waals surface area contributed by atoms with Crippen LogP contribution >= 0.6 is 36.4 Å². The summed E-state index contributed by atoms with van der Waals surface area (Å²) in [7, 11) is 0. The number of ether oxygens (including phenoxy) is 1. The van der Waals surface area contributed by atoms with E-state index in [-0.39, 0.29) is 30.2 Å². The van der Waals surface area contributed by atoms with E-state index in [4.69, 9.17) is 22.1 Å². The molecule has 0 amide bonds. The maximum Gasteiger partial charge on any atom is 0.158 e. The first-order valence-corrected chi connectivity index (χ1v) is 10.8. The smallest absolute Gasteiger partial charge is 0.158 e. The van der Waals surface area contributed by atoms with Gasteiger partial charge in [-0.1, -0.05) is 23.7 Å². The minimum absolute atomic E-state index is 0. The second-order valence-electron chi connectivity index (χ2n) is 7.85. The Balaban J connectivity index is 0.00000162. The van der Waals surface area contributed by atoms with Crippen LogP contribution in [-0.4, -0.2) is 21.1 Å². The SMILES string of the molecule is Cl.Cl.N#CC1(c2cccc(Oc3ccc(Nc4ncnc5ccn(CCN)c45)cc3Cl)c2)CC1. The number of nitriles is 1. The molecular weight excluding hydrogens is 495 g/mol. The van der Waals surface area contributed by atoms with Gasteiger partial charge >= 0.3 is 0 Å². The second-order valence-corrected chi connectivity index (χ2v) is 8.26. The Kier molecular flexibility index (Phi) is 7.90. The van der Waals surface area contributed by atoms with Crippen molar-refractivity contribution in [2.24, 2.45) is 5.73 Å². The Bertz CT molecular complexity index is 1350. The monoisotopic (exact) mass is 516 g/mol. The van der Waals surface area contributed by atoms with Gasteiger partial charge in [-0.2, -0.15) is 5.26 Å². The van der Waals surface area contributed by atoms with E-state index in [2.05, 4.69) is 21.4 Å². The van der Waals surface area contributed by atoms with Crippen LogP contribution < -0.4 is 15.8 Å². The fourth-order valence-electron chi connectivity index (χ4n) is 3.82. The Labute approximate surface area is 214 Å². The third kappa shape index (κ3) is 4.91. The van der Waals surface area contributed by atoms with Crippen LogP contribution in [0.3, 0.4) is 0 Å². The minimum atomic E-state index is -0.360. The summed E-state index contributed by atoms with van der Waals surface area (Å²) in [5.74, 6) is 1.87. The van der Waals surface area contributed by atoms with E-state index in [1.54, 1.807) is 6.07 Å². The van der Waals surface area contributed by atoms with Crippen LogP contribution in [0.1, 0.15) is 18.4 Å². The highest BCUT2D eigenvalue weighted by Gasteiger charge is 2.45. The number of nitrogens with two attached hydrogens (primary N) is 1. The summed E-state index contributed by atoms with van der Waals surface area (Å²) < 4.78 is 8.04. The van der Waals surface area contributed by atoms with Gasteiger partial charge in [0.25, 0.3) is 0 Å². The van der Waals surface area contributed by atoms with Crippen LogP contribution in [0.5, 0.6) is 11.5 Å². The number of hydrogen-bond acceptors (Lipinski definition) is 6. The number of benzene rings is 2. The van der Waals surface area contributed by atoms with Gasteiger partial charge in [0.1, 0.15) is 23.3 Å². The van der Waals surface area contributed by atoms with Crippen LogP contribution in [0.15, 0.2) is 61.1 Å². The molecule has 1 aliphatic carbocycles. The minimum Gasteiger partial charge on any atom is -0.456 e. The van der Waals surface area contributed by atoms with Gasteiger partial charge in [0.05, 0.1) is 22.0 Å². The van der Waals surface area contributed by atoms with Gasteiger partial charge in [-0.15, -0.1) is 24.8 Å². The molecule has 0 radical (unpaired) electrons. The summed E-state index contributed by atoms with van der Waals surface area (Å²) in [6.07, 6.45) is 5.25. The van der Waals surface area contributed by atoms with Crippen molar-refractivity contribution in [2.75, 3.05) is 11.9 Å². The molecule has 3 N–H and O–H groups in total. The first-order valence-electron chi connectivity index (χ1n) is 10.4. The average molecular weight is 518 g/mol. The number of hydrogen-bond donors (Lipinski definition) is 2. The van der Waals surface area contributed by atoms with Crippen molar-refractivity contribution < 1.29 is 4.74 Å². The largest absolute Gasteiger partial charge is 0.456 e. The van der Waals surface area contributed by atoms with Crippen LogP contribution in [0, 0.1) is 11.3 Å². The Hall–Kier alpha value is -3.02. The first-order chi connectivity index (χ1) is 15.6. The number of anilines is 2. The Morgan fingerprint density at radius 1 is 1.15 bits per heavy atom. The third-order valence-electron chi connectivity index (χ3n) is 5.69. The molecule has 0 saturated heterocycles. The van der Waals surface area contributed by atoms with Gasteiger partial charge in [0.2, 0.25) is 0 Å². The molecule has 1 saturated carbocycles. The van der Waals surface area contributed by atoms with E-state index in [0.717, 1.165) is 35.1 Å².